The van der Waals surface area contributed by atoms with Crippen molar-refractivity contribution in [3.63, 3.8) is 0 Å². The topological polar surface area (TPSA) is 94.8 Å². The van der Waals surface area contributed by atoms with Crippen LogP contribution in [-0.2, 0) is 9.59 Å². The quantitative estimate of drug-likeness (QED) is 0.218. The lowest BCUT2D eigenvalue weighted by molar-refractivity contribution is -0.128. The van der Waals surface area contributed by atoms with E-state index < -0.39 is 28.3 Å². The molecule has 0 bridgehead atoms. The van der Waals surface area contributed by atoms with Crippen molar-refractivity contribution in [2.24, 2.45) is 23.2 Å². The van der Waals surface area contributed by atoms with Crippen LogP contribution < -0.4 is 0 Å². The maximum Gasteiger partial charge on any atom is 0.184 e. The van der Waals surface area contributed by atoms with Crippen molar-refractivity contribution in [2.75, 3.05) is 0 Å². The maximum atomic E-state index is 14.0. The molecule has 36 heavy (non-hydrogen) atoms. The zero-order valence-electron chi connectivity index (χ0n) is 23.5. The van der Waals surface area contributed by atoms with Crippen molar-refractivity contribution >= 4 is 11.6 Å². The first-order valence-electron chi connectivity index (χ1n) is 13.1. The molecule has 0 aliphatic heterocycles. The van der Waals surface area contributed by atoms with Gasteiger partial charge in [-0.05, 0) is 91.4 Å². The van der Waals surface area contributed by atoms with E-state index in [1.807, 2.05) is 60.6 Å². The van der Waals surface area contributed by atoms with Crippen LogP contribution in [-0.4, -0.2) is 32.5 Å². The lowest BCUT2D eigenvalue weighted by Gasteiger charge is -2.38. The Morgan fingerprint density at radius 2 is 1.61 bits per heavy atom. The molecule has 5 heteroatoms. The standard InChI is InChI=1S/C31H46O5/c1-18(2)10-14-31(15-11-19(3)4)28(34)23(17-24-22(21(7)8)12-13-30(24,9)36)27(33)26(29(31)35)25(32)16-20(5)6/h10-11,20,22,24,33-34,36H,7,12-17H2,1-6,8-9H3/t22-,24-,30+/m1/s1. The molecule has 0 aromatic carbocycles. The Morgan fingerprint density at radius 1 is 1.08 bits per heavy atom. The molecule has 0 heterocycles. The minimum atomic E-state index is -1.39. The zero-order valence-corrected chi connectivity index (χ0v) is 23.5. The van der Waals surface area contributed by atoms with Crippen LogP contribution in [0.4, 0.5) is 0 Å². The zero-order chi connectivity index (χ0) is 27.6. The van der Waals surface area contributed by atoms with E-state index in [0.717, 1.165) is 23.1 Å². The second kappa shape index (κ2) is 11.3. The average Bonchev–Trinajstić information content (AvgIpc) is 3.04. The average molecular weight is 499 g/mol. The number of aliphatic hydroxyl groups excluding tert-OH is 2. The van der Waals surface area contributed by atoms with Crippen molar-refractivity contribution in [1.29, 1.82) is 0 Å². The molecule has 0 radical (unpaired) electrons. The first kappa shape index (κ1) is 29.8. The second-order valence-electron chi connectivity index (χ2n) is 12.1. The monoisotopic (exact) mass is 498 g/mol. The Labute approximate surface area is 217 Å². The third-order valence-corrected chi connectivity index (χ3v) is 7.82. The van der Waals surface area contributed by atoms with Gasteiger partial charge in [-0.25, -0.2) is 0 Å². The van der Waals surface area contributed by atoms with Crippen molar-refractivity contribution in [2.45, 2.75) is 99.5 Å². The van der Waals surface area contributed by atoms with Crippen LogP contribution in [0.1, 0.15) is 93.9 Å². The van der Waals surface area contributed by atoms with Gasteiger partial charge in [0, 0.05) is 12.0 Å². The summed E-state index contributed by atoms with van der Waals surface area (Å²) in [6, 6.07) is 0. The molecule has 3 atom stereocenters. The third kappa shape index (κ3) is 6.11. The van der Waals surface area contributed by atoms with Crippen LogP contribution in [0.3, 0.4) is 0 Å². The molecule has 0 aromatic heterocycles. The normalized spacial score (nSPS) is 25.9. The highest BCUT2D eigenvalue weighted by atomic mass is 16.3. The molecule has 2 rings (SSSR count). The van der Waals surface area contributed by atoms with E-state index in [2.05, 4.69) is 6.58 Å². The smallest absolute Gasteiger partial charge is 0.184 e. The van der Waals surface area contributed by atoms with E-state index in [0.29, 0.717) is 6.42 Å². The molecule has 1 saturated carbocycles. The number of Topliss-reactive ketones (excluding diaryl/α,β-unsaturated/α-hetero) is 2. The summed E-state index contributed by atoms with van der Waals surface area (Å²) in [5, 5.41) is 34.4. The van der Waals surface area contributed by atoms with Gasteiger partial charge in [-0.2, -0.15) is 0 Å². The van der Waals surface area contributed by atoms with Crippen LogP contribution in [0.5, 0.6) is 0 Å². The van der Waals surface area contributed by atoms with E-state index in [1.54, 1.807) is 6.92 Å². The maximum absolute atomic E-state index is 14.0. The molecule has 0 amide bonds. The van der Waals surface area contributed by atoms with Gasteiger partial charge < -0.3 is 15.3 Å². The number of hydrogen-bond donors (Lipinski definition) is 3. The van der Waals surface area contributed by atoms with Crippen LogP contribution >= 0.6 is 0 Å². The molecule has 3 N–H and O–H groups in total. The fourth-order valence-electron chi connectivity index (χ4n) is 5.59. The number of rotatable bonds is 10. The molecule has 0 unspecified atom stereocenters. The first-order valence-corrected chi connectivity index (χ1v) is 13.1. The lowest BCUT2D eigenvalue weighted by atomic mass is 9.65. The number of hydrogen-bond acceptors (Lipinski definition) is 5. The minimum absolute atomic E-state index is 0.00174. The van der Waals surface area contributed by atoms with Gasteiger partial charge in [0.15, 0.2) is 11.6 Å². The SMILES string of the molecule is C=C(C)[C@H]1CC[C@](C)(O)[C@@H]1CC1=C(O)C(CC=C(C)C)(CC=C(C)C)C(=O)C(C(=O)CC(C)C)=C1O. The molecule has 0 spiro atoms. The summed E-state index contributed by atoms with van der Waals surface area (Å²) in [6.45, 7) is 19.3. The molecular weight excluding hydrogens is 452 g/mol. The summed E-state index contributed by atoms with van der Waals surface area (Å²) in [5.41, 5.74) is 0.483. The predicted octanol–water partition coefficient (Wildman–Crippen LogP) is 7.25. The van der Waals surface area contributed by atoms with Gasteiger partial charge >= 0.3 is 0 Å². The molecule has 0 saturated heterocycles. The highest BCUT2D eigenvalue weighted by Crippen LogP contribution is 2.52. The first-order chi connectivity index (χ1) is 16.5. The Morgan fingerprint density at radius 3 is 2.06 bits per heavy atom. The number of ketones is 2. The third-order valence-electron chi connectivity index (χ3n) is 7.82. The van der Waals surface area contributed by atoms with Gasteiger partial charge in [-0.15, -0.1) is 0 Å². The van der Waals surface area contributed by atoms with Crippen molar-refractivity contribution in [1.82, 2.24) is 0 Å². The number of aliphatic hydroxyl groups is 3. The van der Waals surface area contributed by atoms with Gasteiger partial charge in [0.25, 0.3) is 0 Å². The van der Waals surface area contributed by atoms with Crippen molar-refractivity contribution in [3.05, 3.63) is 58.1 Å². The highest BCUT2D eigenvalue weighted by molar-refractivity contribution is 6.24. The van der Waals surface area contributed by atoms with E-state index in [1.165, 1.54) is 0 Å². The summed E-state index contributed by atoms with van der Waals surface area (Å²) in [5.74, 6) is -1.87. The van der Waals surface area contributed by atoms with Gasteiger partial charge in [-0.1, -0.05) is 49.3 Å². The largest absolute Gasteiger partial charge is 0.511 e. The van der Waals surface area contributed by atoms with E-state index in [9.17, 15) is 24.9 Å². The number of carbonyl (C=O) groups excluding carboxylic acids is 2. The molecule has 200 valence electrons. The van der Waals surface area contributed by atoms with Crippen LogP contribution in [0.25, 0.3) is 0 Å². The fraction of sp³-hybridized carbons (Fsp3) is 0.613. The number of allylic oxidation sites excluding steroid dienone is 8. The molecular formula is C31H46O5. The molecule has 5 nitrogen and oxygen atoms in total. The Kier molecular flexibility index (Phi) is 9.39. The van der Waals surface area contributed by atoms with E-state index in [4.69, 9.17) is 0 Å². The Bertz CT molecular complexity index is 1000. The van der Waals surface area contributed by atoms with Gasteiger partial charge in [0.05, 0.1) is 11.0 Å². The van der Waals surface area contributed by atoms with E-state index in [-0.39, 0.29) is 60.3 Å². The Balaban J connectivity index is 2.82. The predicted molar refractivity (Wildman–Crippen MR) is 146 cm³/mol. The highest BCUT2D eigenvalue weighted by Gasteiger charge is 2.52. The molecule has 2 aliphatic carbocycles. The molecule has 0 aromatic rings. The molecule has 2 aliphatic rings. The summed E-state index contributed by atoms with van der Waals surface area (Å²) >= 11 is 0. The fourth-order valence-corrected chi connectivity index (χ4v) is 5.59. The van der Waals surface area contributed by atoms with Crippen LogP contribution in [0, 0.1) is 23.2 Å². The van der Waals surface area contributed by atoms with Crippen LogP contribution in [0.2, 0.25) is 0 Å². The van der Waals surface area contributed by atoms with Gasteiger partial charge in [-0.3, -0.25) is 9.59 Å². The van der Waals surface area contributed by atoms with Crippen molar-refractivity contribution < 1.29 is 24.9 Å². The summed E-state index contributed by atoms with van der Waals surface area (Å²) in [6.07, 6.45) is 5.83. The summed E-state index contributed by atoms with van der Waals surface area (Å²) in [4.78, 5) is 27.4. The van der Waals surface area contributed by atoms with E-state index >= 15 is 0 Å². The van der Waals surface area contributed by atoms with Gasteiger partial charge in [0.2, 0.25) is 0 Å². The minimum Gasteiger partial charge on any atom is -0.511 e. The van der Waals surface area contributed by atoms with Crippen LogP contribution in [0.15, 0.2) is 58.1 Å². The lowest BCUT2D eigenvalue weighted by Crippen LogP contribution is -2.42. The summed E-state index contributed by atoms with van der Waals surface area (Å²) < 4.78 is 0. The summed E-state index contributed by atoms with van der Waals surface area (Å²) in [7, 11) is 0. The van der Waals surface area contributed by atoms with Gasteiger partial charge in [0.1, 0.15) is 17.1 Å². The Hall–Kier alpha value is -2.40. The second-order valence-corrected chi connectivity index (χ2v) is 12.1. The molecule has 1 fully saturated rings. The van der Waals surface area contributed by atoms with Crippen molar-refractivity contribution in [3.8, 4) is 0 Å². The number of carbonyl (C=O) groups is 2.